The summed E-state index contributed by atoms with van der Waals surface area (Å²) in [7, 11) is 0. The van der Waals surface area contributed by atoms with Gasteiger partial charge in [-0.05, 0) is 37.0 Å². The predicted octanol–water partition coefficient (Wildman–Crippen LogP) is 2.62. The molecule has 114 valence electrons. The number of alkyl halides is 1. The zero-order valence-electron chi connectivity index (χ0n) is 12.3. The van der Waals surface area contributed by atoms with E-state index < -0.39 is 11.6 Å². The Morgan fingerprint density at radius 3 is 2.35 bits per heavy atom. The number of carbonyl (C=O) groups excluding carboxylic acids is 1. The van der Waals surface area contributed by atoms with Gasteiger partial charge in [0, 0.05) is 19.4 Å². The second-order valence-corrected chi connectivity index (χ2v) is 7.15. The van der Waals surface area contributed by atoms with Crippen molar-refractivity contribution in [1.29, 1.82) is 0 Å². The quantitative estimate of drug-likeness (QED) is 0.867. The molecule has 1 saturated carbocycles. The van der Waals surface area contributed by atoms with Crippen LogP contribution in [-0.2, 0) is 9.59 Å². The molecule has 0 spiro atoms. The third-order valence-electron chi connectivity index (χ3n) is 4.88. The van der Waals surface area contributed by atoms with Gasteiger partial charge in [0.1, 0.15) is 0 Å². The van der Waals surface area contributed by atoms with E-state index in [0.717, 1.165) is 25.7 Å². The molecule has 1 saturated heterocycles. The number of carboxylic acids is 1. The standard InChI is InChI=1S/C15H24FNO3/c1-14(2)5-3-11(4-6-14)9-12(18)17-8-7-15(16,10-17)13(19)20/h11H,3-10H2,1-2H3,(H,19,20). The molecule has 2 rings (SSSR count). The second kappa shape index (κ2) is 5.34. The molecule has 1 heterocycles. The van der Waals surface area contributed by atoms with Crippen LogP contribution in [0.1, 0.15) is 52.4 Å². The topological polar surface area (TPSA) is 57.6 Å². The third-order valence-corrected chi connectivity index (χ3v) is 4.88. The summed E-state index contributed by atoms with van der Waals surface area (Å²) in [6.07, 6.45) is 4.65. The van der Waals surface area contributed by atoms with Crippen LogP contribution in [0, 0.1) is 11.3 Å². The number of carboxylic acid groups (broad SMARTS) is 1. The molecule has 4 nitrogen and oxygen atoms in total. The van der Waals surface area contributed by atoms with Crippen molar-refractivity contribution in [3.8, 4) is 0 Å². The van der Waals surface area contributed by atoms with Gasteiger partial charge in [-0.1, -0.05) is 13.8 Å². The van der Waals surface area contributed by atoms with Crippen molar-refractivity contribution in [1.82, 2.24) is 4.90 Å². The van der Waals surface area contributed by atoms with E-state index >= 15 is 0 Å². The van der Waals surface area contributed by atoms with E-state index in [9.17, 15) is 14.0 Å². The van der Waals surface area contributed by atoms with Gasteiger partial charge in [-0.15, -0.1) is 0 Å². The molecule has 0 aromatic heterocycles. The van der Waals surface area contributed by atoms with Crippen molar-refractivity contribution >= 4 is 11.9 Å². The Bertz CT molecular complexity index is 400. The summed E-state index contributed by atoms with van der Waals surface area (Å²) in [5, 5.41) is 8.84. The summed E-state index contributed by atoms with van der Waals surface area (Å²) in [6, 6.07) is 0. The molecule has 0 bridgehead atoms. The van der Waals surface area contributed by atoms with E-state index in [1.165, 1.54) is 4.90 Å². The summed E-state index contributed by atoms with van der Waals surface area (Å²) in [5.41, 5.74) is -1.88. The normalized spacial score (nSPS) is 30.4. The number of likely N-dealkylation sites (tertiary alicyclic amines) is 1. The van der Waals surface area contributed by atoms with Crippen LogP contribution >= 0.6 is 0 Å². The Labute approximate surface area is 119 Å². The lowest BCUT2D eigenvalue weighted by atomic mass is 9.72. The second-order valence-electron chi connectivity index (χ2n) is 7.15. The lowest BCUT2D eigenvalue weighted by Gasteiger charge is -2.34. The van der Waals surface area contributed by atoms with Crippen molar-refractivity contribution in [2.75, 3.05) is 13.1 Å². The Morgan fingerprint density at radius 1 is 1.25 bits per heavy atom. The predicted molar refractivity (Wildman–Crippen MR) is 73.0 cm³/mol. The SMILES string of the molecule is CC1(C)CCC(CC(=O)N2CCC(F)(C(=O)O)C2)CC1. The molecule has 5 heteroatoms. The lowest BCUT2D eigenvalue weighted by molar-refractivity contribution is -0.150. The van der Waals surface area contributed by atoms with E-state index in [2.05, 4.69) is 13.8 Å². The van der Waals surface area contributed by atoms with Gasteiger partial charge in [-0.2, -0.15) is 0 Å². The van der Waals surface area contributed by atoms with Crippen molar-refractivity contribution in [3.05, 3.63) is 0 Å². The monoisotopic (exact) mass is 285 g/mol. The minimum absolute atomic E-state index is 0.0875. The van der Waals surface area contributed by atoms with Crippen LogP contribution in [0.5, 0.6) is 0 Å². The fourth-order valence-corrected chi connectivity index (χ4v) is 3.20. The van der Waals surface area contributed by atoms with Gasteiger partial charge in [-0.3, -0.25) is 4.79 Å². The van der Waals surface area contributed by atoms with Gasteiger partial charge in [0.15, 0.2) is 0 Å². The van der Waals surface area contributed by atoms with Crippen LogP contribution in [0.15, 0.2) is 0 Å². The van der Waals surface area contributed by atoms with Crippen LogP contribution in [0.3, 0.4) is 0 Å². The summed E-state index contributed by atoms with van der Waals surface area (Å²) in [6.45, 7) is 4.42. The number of amides is 1. The van der Waals surface area contributed by atoms with Crippen LogP contribution in [0.2, 0.25) is 0 Å². The van der Waals surface area contributed by atoms with Gasteiger partial charge < -0.3 is 10.0 Å². The first-order valence-electron chi connectivity index (χ1n) is 7.42. The summed E-state index contributed by atoms with van der Waals surface area (Å²) < 4.78 is 13.9. The van der Waals surface area contributed by atoms with E-state index in [1.807, 2.05) is 0 Å². The highest BCUT2D eigenvalue weighted by Gasteiger charge is 2.47. The maximum absolute atomic E-state index is 13.9. The number of nitrogens with zero attached hydrogens (tertiary/aromatic N) is 1. The van der Waals surface area contributed by atoms with Gasteiger partial charge in [0.2, 0.25) is 11.6 Å². The average Bonchev–Trinajstić information content (AvgIpc) is 2.76. The fourth-order valence-electron chi connectivity index (χ4n) is 3.20. The highest BCUT2D eigenvalue weighted by molar-refractivity contribution is 5.82. The first-order chi connectivity index (χ1) is 9.22. The zero-order valence-corrected chi connectivity index (χ0v) is 12.3. The zero-order chi connectivity index (χ0) is 15.0. The summed E-state index contributed by atoms with van der Waals surface area (Å²) in [4.78, 5) is 24.4. The number of rotatable bonds is 3. The van der Waals surface area contributed by atoms with Gasteiger partial charge in [0.25, 0.3) is 0 Å². The maximum Gasteiger partial charge on any atom is 0.343 e. The van der Waals surface area contributed by atoms with Crippen molar-refractivity contribution in [2.45, 2.75) is 58.0 Å². The molecule has 1 N–H and O–H groups in total. The molecule has 20 heavy (non-hydrogen) atoms. The number of halogens is 1. The minimum atomic E-state index is -2.25. The molecule has 1 aliphatic carbocycles. The Balaban J connectivity index is 1.83. The number of hydrogen-bond donors (Lipinski definition) is 1. The van der Waals surface area contributed by atoms with Crippen molar-refractivity contribution in [2.24, 2.45) is 11.3 Å². The molecular weight excluding hydrogens is 261 g/mol. The first-order valence-corrected chi connectivity index (χ1v) is 7.42. The number of aliphatic carboxylic acids is 1. The van der Waals surface area contributed by atoms with Gasteiger partial charge >= 0.3 is 5.97 Å². The molecule has 1 unspecified atom stereocenters. The third kappa shape index (κ3) is 3.30. The Kier molecular flexibility index (Phi) is 4.07. The molecule has 0 radical (unpaired) electrons. The Morgan fingerprint density at radius 2 is 1.85 bits per heavy atom. The highest BCUT2D eigenvalue weighted by atomic mass is 19.1. The van der Waals surface area contributed by atoms with Gasteiger partial charge in [-0.25, -0.2) is 9.18 Å². The molecule has 1 amide bonds. The van der Waals surface area contributed by atoms with Crippen LogP contribution in [0.25, 0.3) is 0 Å². The van der Waals surface area contributed by atoms with Crippen LogP contribution in [0.4, 0.5) is 4.39 Å². The first kappa shape index (κ1) is 15.3. The van der Waals surface area contributed by atoms with E-state index in [0.29, 0.717) is 17.8 Å². The molecule has 2 fully saturated rings. The molecule has 1 atom stereocenters. The molecule has 1 aliphatic heterocycles. The van der Waals surface area contributed by atoms with Crippen molar-refractivity contribution in [3.63, 3.8) is 0 Å². The van der Waals surface area contributed by atoms with Gasteiger partial charge in [0.05, 0.1) is 6.54 Å². The Hall–Kier alpha value is -1.13. The maximum atomic E-state index is 13.9. The van der Waals surface area contributed by atoms with E-state index in [-0.39, 0.29) is 25.4 Å². The number of hydrogen-bond acceptors (Lipinski definition) is 2. The van der Waals surface area contributed by atoms with Crippen LogP contribution in [-0.4, -0.2) is 40.6 Å². The highest BCUT2D eigenvalue weighted by Crippen LogP contribution is 2.39. The summed E-state index contributed by atoms with van der Waals surface area (Å²) in [5.74, 6) is -1.17. The van der Waals surface area contributed by atoms with Crippen LogP contribution < -0.4 is 0 Å². The smallest absolute Gasteiger partial charge is 0.343 e. The number of carbonyl (C=O) groups is 2. The van der Waals surface area contributed by atoms with E-state index in [1.54, 1.807) is 0 Å². The molecular formula is C15H24FNO3. The minimum Gasteiger partial charge on any atom is -0.479 e. The largest absolute Gasteiger partial charge is 0.479 e. The molecule has 0 aromatic carbocycles. The fraction of sp³-hybridized carbons (Fsp3) is 0.867. The molecule has 2 aliphatic rings. The summed E-state index contributed by atoms with van der Waals surface area (Å²) >= 11 is 0. The lowest BCUT2D eigenvalue weighted by Crippen LogP contribution is -2.39. The average molecular weight is 285 g/mol. The van der Waals surface area contributed by atoms with Crippen molar-refractivity contribution < 1.29 is 19.1 Å². The molecule has 0 aromatic rings. The van der Waals surface area contributed by atoms with E-state index in [4.69, 9.17) is 5.11 Å².